The van der Waals surface area contributed by atoms with Gasteiger partial charge in [0.2, 0.25) is 0 Å². The first kappa shape index (κ1) is 17.1. The fourth-order valence-corrected chi connectivity index (χ4v) is 2.05. The molecule has 0 atom stereocenters. The molecule has 0 aromatic heterocycles. The minimum Gasteiger partial charge on any atom is -0.370 e. The molecule has 1 nitrogen and oxygen atoms in total. The van der Waals surface area contributed by atoms with Gasteiger partial charge in [-0.1, -0.05) is 26.7 Å². The zero-order valence-corrected chi connectivity index (χ0v) is 12.3. The molecule has 0 rings (SSSR count). The van der Waals surface area contributed by atoms with Crippen molar-refractivity contribution in [1.29, 1.82) is 0 Å². The van der Waals surface area contributed by atoms with Crippen molar-refractivity contribution < 1.29 is 26.5 Å². The maximum absolute atomic E-state index is 6.11. The van der Waals surface area contributed by atoms with E-state index in [1.54, 1.807) is 0 Å². The predicted molar refractivity (Wildman–Crippen MR) is 59.1 cm³/mol. The molecule has 0 aromatic carbocycles. The number of hydrogen-bond acceptors (Lipinski definition) is 1. The van der Waals surface area contributed by atoms with E-state index in [1.807, 2.05) is 0 Å². The fourth-order valence-electron chi connectivity index (χ4n) is 2.05. The Bertz CT molecular complexity index is 125. The van der Waals surface area contributed by atoms with Gasteiger partial charge in [0.15, 0.2) is 0 Å². The molecule has 0 unspecified atom stereocenters. The molecular formula is C12H26OTi. The molecule has 2 heteroatoms. The Kier molecular flexibility index (Phi) is 8.58. The van der Waals surface area contributed by atoms with E-state index in [4.69, 9.17) is 4.74 Å². The van der Waals surface area contributed by atoms with Crippen LogP contribution in [0, 0.1) is 0 Å². The fraction of sp³-hybridized carbons (Fsp3) is 1.00. The van der Waals surface area contributed by atoms with Gasteiger partial charge in [-0.15, -0.1) is 0 Å². The van der Waals surface area contributed by atoms with Crippen LogP contribution in [0.25, 0.3) is 0 Å². The number of hydrogen-bond donors (Lipinski definition) is 0. The topological polar surface area (TPSA) is 9.23 Å². The van der Waals surface area contributed by atoms with Crippen LogP contribution in [0.4, 0.5) is 0 Å². The van der Waals surface area contributed by atoms with Crippen LogP contribution in [0.1, 0.15) is 67.2 Å². The van der Waals surface area contributed by atoms with E-state index in [1.165, 1.54) is 12.8 Å². The first-order valence-corrected chi connectivity index (χ1v) is 5.53. The minimum absolute atomic E-state index is 0. The van der Waals surface area contributed by atoms with Crippen LogP contribution in [0.2, 0.25) is 0 Å². The van der Waals surface area contributed by atoms with E-state index in [9.17, 15) is 0 Å². The summed E-state index contributed by atoms with van der Waals surface area (Å²) in [5.74, 6) is 0. The summed E-state index contributed by atoms with van der Waals surface area (Å²) in [5.41, 5.74) is 0.0703. The van der Waals surface area contributed by atoms with Crippen LogP contribution in [0.5, 0.6) is 0 Å². The van der Waals surface area contributed by atoms with Gasteiger partial charge in [-0.25, -0.2) is 0 Å². The molecule has 0 bridgehead atoms. The van der Waals surface area contributed by atoms with Crippen molar-refractivity contribution in [1.82, 2.24) is 0 Å². The molecule has 0 aliphatic heterocycles. The quantitative estimate of drug-likeness (QED) is 0.627. The van der Waals surface area contributed by atoms with Crippen molar-refractivity contribution in [3.8, 4) is 0 Å². The Morgan fingerprint density at radius 3 is 1.29 bits per heavy atom. The van der Waals surface area contributed by atoms with Crippen LogP contribution in [-0.4, -0.2) is 11.2 Å². The standard InChI is InChI=1S/C12H26O.Ti/c1-7-9-11(3,4)13-12(5,6)10-8-2;/h7-10H2,1-6H3;. The van der Waals surface area contributed by atoms with Crippen molar-refractivity contribution in [3.63, 3.8) is 0 Å². The van der Waals surface area contributed by atoms with E-state index >= 15 is 0 Å². The molecule has 0 heterocycles. The predicted octanol–water partition coefficient (Wildman–Crippen LogP) is 4.16. The third-order valence-electron chi connectivity index (χ3n) is 2.26. The van der Waals surface area contributed by atoms with Gasteiger partial charge in [-0.2, -0.15) is 0 Å². The third kappa shape index (κ3) is 8.02. The third-order valence-corrected chi connectivity index (χ3v) is 2.26. The number of ether oxygens (including phenoxy) is 1. The Hall–Kier alpha value is 0.674. The molecule has 0 saturated carbocycles. The molecular weight excluding hydrogens is 208 g/mol. The molecule has 0 saturated heterocycles. The molecule has 0 radical (unpaired) electrons. The summed E-state index contributed by atoms with van der Waals surface area (Å²) >= 11 is 0. The van der Waals surface area contributed by atoms with Crippen LogP contribution in [-0.2, 0) is 26.5 Å². The summed E-state index contributed by atoms with van der Waals surface area (Å²) in [6.45, 7) is 13.2. The van der Waals surface area contributed by atoms with Gasteiger partial charge >= 0.3 is 0 Å². The molecule has 0 N–H and O–H groups in total. The molecule has 0 aliphatic rings. The second-order valence-corrected chi connectivity index (χ2v) is 5.12. The maximum Gasteiger partial charge on any atom is 0.0633 e. The maximum atomic E-state index is 6.11. The normalized spacial score (nSPS) is 12.4. The smallest absolute Gasteiger partial charge is 0.0633 e. The van der Waals surface area contributed by atoms with Crippen molar-refractivity contribution in [2.75, 3.05) is 0 Å². The van der Waals surface area contributed by atoms with Gasteiger partial charge in [-0.05, 0) is 40.5 Å². The van der Waals surface area contributed by atoms with Gasteiger partial charge in [0.05, 0.1) is 11.2 Å². The molecule has 14 heavy (non-hydrogen) atoms. The van der Waals surface area contributed by atoms with Crippen LogP contribution in [0.15, 0.2) is 0 Å². The van der Waals surface area contributed by atoms with E-state index in [2.05, 4.69) is 41.5 Å². The number of rotatable bonds is 6. The molecule has 0 spiro atoms. The van der Waals surface area contributed by atoms with Crippen LogP contribution < -0.4 is 0 Å². The second-order valence-electron chi connectivity index (χ2n) is 5.12. The van der Waals surface area contributed by atoms with Gasteiger partial charge in [0.25, 0.3) is 0 Å². The van der Waals surface area contributed by atoms with E-state index in [0.717, 1.165) is 12.8 Å². The van der Waals surface area contributed by atoms with Gasteiger partial charge in [0.1, 0.15) is 0 Å². The summed E-state index contributed by atoms with van der Waals surface area (Å²) in [7, 11) is 0. The molecule has 0 amide bonds. The van der Waals surface area contributed by atoms with Crippen molar-refractivity contribution >= 4 is 0 Å². The molecule has 0 fully saturated rings. The van der Waals surface area contributed by atoms with Crippen LogP contribution >= 0.6 is 0 Å². The molecule has 84 valence electrons. The largest absolute Gasteiger partial charge is 0.370 e. The summed E-state index contributed by atoms with van der Waals surface area (Å²) in [6, 6.07) is 0. The van der Waals surface area contributed by atoms with Crippen molar-refractivity contribution in [2.45, 2.75) is 78.4 Å². The summed E-state index contributed by atoms with van der Waals surface area (Å²) in [4.78, 5) is 0. The second kappa shape index (κ2) is 7.03. The first-order chi connectivity index (χ1) is 5.83. The van der Waals surface area contributed by atoms with E-state index < -0.39 is 0 Å². The van der Waals surface area contributed by atoms with Crippen molar-refractivity contribution in [3.05, 3.63) is 0 Å². The SMILES string of the molecule is CCCC(C)(C)OC(C)(C)CCC.[Ti]. The summed E-state index contributed by atoms with van der Waals surface area (Å²) in [5, 5.41) is 0. The Labute approximate surface area is 105 Å². The van der Waals surface area contributed by atoms with E-state index in [-0.39, 0.29) is 32.9 Å². The minimum atomic E-state index is 0. The zero-order valence-electron chi connectivity index (χ0n) is 10.7. The van der Waals surface area contributed by atoms with Crippen molar-refractivity contribution in [2.24, 2.45) is 0 Å². The van der Waals surface area contributed by atoms with E-state index in [0.29, 0.717) is 0 Å². The van der Waals surface area contributed by atoms with Gasteiger partial charge in [0, 0.05) is 21.7 Å². The first-order valence-electron chi connectivity index (χ1n) is 5.53. The Morgan fingerprint density at radius 2 is 1.07 bits per heavy atom. The monoisotopic (exact) mass is 234 g/mol. The Balaban J connectivity index is 0. The van der Waals surface area contributed by atoms with Crippen LogP contribution in [0.3, 0.4) is 0 Å². The molecule has 0 aromatic rings. The average molecular weight is 234 g/mol. The summed E-state index contributed by atoms with van der Waals surface area (Å²) < 4.78 is 6.11. The Morgan fingerprint density at radius 1 is 0.786 bits per heavy atom. The zero-order chi connectivity index (χ0) is 10.5. The summed E-state index contributed by atoms with van der Waals surface area (Å²) in [6.07, 6.45) is 4.66. The molecule has 0 aliphatic carbocycles. The van der Waals surface area contributed by atoms with Gasteiger partial charge in [-0.3, -0.25) is 0 Å². The van der Waals surface area contributed by atoms with Gasteiger partial charge < -0.3 is 4.74 Å². The average Bonchev–Trinajstić information content (AvgIpc) is 1.82.